The van der Waals surface area contributed by atoms with Crippen LogP contribution in [-0.4, -0.2) is 39.5 Å². The number of hydrogen-bond donors (Lipinski definition) is 1. The van der Waals surface area contributed by atoms with Gasteiger partial charge in [0.2, 0.25) is 5.91 Å². The molecule has 1 aliphatic rings. The summed E-state index contributed by atoms with van der Waals surface area (Å²) in [6, 6.07) is 16.9. The first-order valence-electron chi connectivity index (χ1n) is 9.31. The molecule has 3 aromatic rings. The van der Waals surface area contributed by atoms with Crippen molar-refractivity contribution < 1.29 is 14.7 Å². The molecular formula is C22H21ClN2O3. The minimum Gasteiger partial charge on any atom is -0.481 e. The number of nitrogens with zero attached hydrogens (tertiary/aromatic N) is 2. The van der Waals surface area contributed by atoms with Crippen LogP contribution < -0.4 is 0 Å². The summed E-state index contributed by atoms with van der Waals surface area (Å²) in [6.07, 6.45) is 2.71. The minimum absolute atomic E-state index is 0.00970. The highest BCUT2D eigenvalue weighted by atomic mass is 35.5. The van der Waals surface area contributed by atoms with Crippen LogP contribution in [-0.2, 0) is 21.5 Å². The van der Waals surface area contributed by atoms with Crippen molar-refractivity contribution in [1.82, 2.24) is 9.47 Å². The summed E-state index contributed by atoms with van der Waals surface area (Å²) in [5, 5.41) is 11.6. The summed E-state index contributed by atoms with van der Waals surface area (Å²) in [5.74, 6) is -0.832. The van der Waals surface area contributed by atoms with Crippen molar-refractivity contribution in [2.24, 2.45) is 0 Å². The van der Waals surface area contributed by atoms with Crippen molar-refractivity contribution in [1.29, 1.82) is 0 Å². The van der Waals surface area contributed by atoms with Gasteiger partial charge in [0.1, 0.15) is 6.54 Å². The normalized spacial score (nSPS) is 16.2. The molecular weight excluding hydrogens is 376 g/mol. The van der Waals surface area contributed by atoms with E-state index in [1.165, 1.54) is 0 Å². The van der Waals surface area contributed by atoms with Crippen molar-refractivity contribution >= 4 is 34.4 Å². The van der Waals surface area contributed by atoms with Gasteiger partial charge in [0, 0.05) is 29.8 Å². The highest BCUT2D eigenvalue weighted by molar-refractivity contribution is 6.31. The standard InChI is InChI=1S/C22H21ClN2O3/c23-18-7-6-16-8-11-25(19(16)14-18)15-20(26)24-12-9-22(10-13-24,21(27)28)17-4-2-1-3-5-17/h1-8,11,14H,9-10,12-13,15H2,(H,27,28). The number of fused-ring (bicyclic) bond motifs is 1. The molecule has 6 heteroatoms. The molecule has 1 aromatic heterocycles. The Morgan fingerprint density at radius 3 is 2.43 bits per heavy atom. The molecule has 4 rings (SSSR count). The van der Waals surface area contributed by atoms with Crippen LogP contribution in [0.5, 0.6) is 0 Å². The number of carbonyl (C=O) groups is 2. The monoisotopic (exact) mass is 396 g/mol. The second-order valence-electron chi connectivity index (χ2n) is 7.28. The lowest BCUT2D eigenvalue weighted by molar-refractivity contribution is -0.148. The number of hydrogen-bond acceptors (Lipinski definition) is 2. The van der Waals surface area contributed by atoms with Gasteiger partial charge in [-0.25, -0.2) is 0 Å². The molecule has 0 unspecified atom stereocenters. The first kappa shape index (κ1) is 18.6. The first-order valence-corrected chi connectivity index (χ1v) is 9.68. The number of amides is 1. The number of carboxylic acid groups (broad SMARTS) is 1. The zero-order chi connectivity index (χ0) is 19.7. The molecule has 0 saturated carbocycles. The molecule has 5 nitrogen and oxygen atoms in total. The van der Waals surface area contributed by atoms with E-state index in [1.54, 1.807) is 4.90 Å². The lowest BCUT2D eigenvalue weighted by Gasteiger charge is -2.39. The van der Waals surface area contributed by atoms with Crippen LogP contribution in [0.25, 0.3) is 10.9 Å². The second kappa shape index (κ2) is 7.32. The fourth-order valence-electron chi connectivity index (χ4n) is 4.06. The van der Waals surface area contributed by atoms with Gasteiger partial charge < -0.3 is 14.6 Å². The SMILES string of the molecule is O=C(Cn1ccc2ccc(Cl)cc21)N1CCC(C(=O)O)(c2ccccc2)CC1. The predicted molar refractivity (Wildman–Crippen MR) is 109 cm³/mol. The largest absolute Gasteiger partial charge is 0.481 e. The molecule has 0 atom stereocenters. The number of piperidine rings is 1. The molecule has 1 saturated heterocycles. The van der Waals surface area contributed by atoms with E-state index in [4.69, 9.17) is 11.6 Å². The molecule has 1 fully saturated rings. The van der Waals surface area contributed by atoms with Gasteiger partial charge in [-0.2, -0.15) is 0 Å². The second-order valence-corrected chi connectivity index (χ2v) is 7.72. The topological polar surface area (TPSA) is 62.5 Å². The van der Waals surface area contributed by atoms with E-state index in [0.717, 1.165) is 16.5 Å². The Bertz CT molecular complexity index is 1020. The minimum atomic E-state index is -0.925. The zero-order valence-corrected chi connectivity index (χ0v) is 16.1. The van der Waals surface area contributed by atoms with Gasteiger partial charge in [-0.05, 0) is 42.0 Å². The van der Waals surface area contributed by atoms with Crippen LogP contribution >= 0.6 is 11.6 Å². The Kier molecular flexibility index (Phi) is 4.85. The van der Waals surface area contributed by atoms with E-state index in [2.05, 4.69) is 0 Å². The maximum Gasteiger partial charge on any atom is 0.314 e. The van der Waals surface area contributed by atoms with E-state index in [9.17, 15) is 14.7 Å². The highest BCUT2D eigenvalue weighted by Gasteiger charge is 2.43. The molecule has 28 heavy (non-hydrogen) atoms. The number of rotatable bonds is 4. The molecule has 0 bridgehead atoms. The lowest BCUT2D eigenvalue weighted by Crippen LogP contribution is -2.49. The molecule has 1 amide bonds. The lowest BCUT2D eigenvalue weighted by atomic mass is 9.73. The van der Waals surface area contributed by atoms with Gasteiger partial charge in [-0.1, -0.05) is 48.0 Å². The summed E-state index contributed by atoms with van der Waals surface area (Å²) in [4.78, 5) is 26.7. The third-order valence-electron chi connectivity index (χ3n) is 5.75. The van der Waals surface area contributed by atoms with Gasteiger partial charge in [-0.3, -0.25) is 9.59 Å². The molecule has 144 valence electrons. The van der Waals surface area contributed by atoms with E-state index in [-0.39, 0.29) is 12.5 Å². The number of aliphatic carboxylic acids is 1. The molecule has 0 spiro atoms. The quantitative estimate of drug-likeness (QED) is 0.726. The smallest absolute Gasteiger partial charge is 0.314 e. The maximum atomic E-state index is 12.8. The fourth-order valence-corrected chi connectivity index (χ4v) is 4.23. The van der Waals surface area contributed by atoms with Crippen molar-refractivity contribution in [3.8, 4) is 0 Å². The van der Waals surface area contributed by atoms with Crippen LogP contribution in [0.2, 0.25) is 5.02 Å². The Labute approximate surface area is 168 Å². The Morgan fingerprint density at radius 1 is 1.04 bits per heavy atom. The van der Waals surface area contributed by atoms with Gasteiger partial charge >= 0.3 is 5.97 Å². The van der Waals surface area contributed by atoms with Crippen molar-refractivity contribution in [2.45, 2.75) is 24.8 Å². The number of carbonyl (C=O) groups excluding carboxylic acids is 1. The van der Waals surface area contributed by atoms with E-state index >= 15 is 0 Å². The maximum absolute atomic E-state index is 12.8. The van der Waals surface area contributed by atoms with Crippen LogP contribution in [0.3, 0.4) is 0 Å². The molecule has 1 N–H and O–H groups in total. The van der Waals surface area contributed by atoms with Crippen LogP contribution in [0.4, 0.5) is 0 Å². The summed E-state index contributed by atoms with van der Waals surface area (Å²) >= 11 is 6.09. The number of halogens is 1. The van der Waals surface area contributed by atoms with E-state index in [0.29, 0.717) is 31.0 Å². The molecule has 2 aromatic carbocycles. The third-order valence-corrected chi connectivity index (χ3v) is 5.98. The molecule has 1 aliphatic heterocycles. The fraction of sp³-hybridized carbons (Fsp3) is 0.273. The number of carboxylic acids is 1. The van der Waals surface area contributed by atoms with Gasteiger partial charge in [0.25, 0.3) is 0 Å². The third kappa shape index (κ3) is 3.27. The first-order chi connectivity index (χ1) is 13.5. The highest BCUT2D eigenvalue weighted by Crippen LogP contribution is 2.36. The van der Waals surface area contributed by atoms with Crippen LogP contribution in [0, 0.1) is 0 Å². The van der Waals surface area contributed by atoms with E-state index in [1.807, 2.05) is 65.4 Å². The number of aromatic nitrogens is 1. The van der Waals surface area contributed by atoms with Crippen molar-refractivity contribution in [2.75, 3.05) is 13.1 Å². The molecule has 2 heterocycles. The Hall–Kier alpha value is -2.79. The molecule has 0 radical (unpaired) electrons. The summed E-state index contributed by atoms with van der Waals surface area (Å²) in [6.45, 7) is 1.08. The van der Waals surface area contributed by atoms with Crippen LogP contribution in [0.15, 0.2) is 60.8 Å². The molecule has 0 aliphatic carbocycles. The van der Waals surface area contributed by atoms with Crippen molar-refractivity contribution in [3.63, 3.8) is 0 Å². The summed E-state index contributed by atoms with van der Waals surface area (Å²) < 4.78 is 1.89. The zero-order valence-electron chi connectivity index (χ0n) is 15.3. The Morgan fingerprint density at radius 2 is 1.75 bits per heavy atom. The Balaban J connectivity index is 1.49. The van der Waals surface area contributed by atoms with Gasteiger partial charge in [0.15, 0.2) is 0 Å². The summed E-state index contributed by atoms with van der Waals surface area (Å²) in [5.41, 5.74) is 0.800. The van der Waals surface area contributed by atoms with E-state index < -0.39 is 11.4 Å². The predicted octanol–water partition coefficient (Wildman–Crippen LogP) is 3.94. The van der Waals surface area contributed by atoms with Crippen molar-refractivity contribution in [3.05, 3.63) is 71.4 Å². The average molecular weight is 397 g/mol. The number of benzene rings is 2. The average Bonchev–Trinajstić information content (AvgIpc) is 3.10. The van der Waals surface area contributed by atoms with Crippen LogP contribution in [0.1, 0.15) is 18.4 Å². The number of likely N-dealkylation sites (tertiary alicyclic amines) is 1. The van der Waals surface area contributed by atoms with Gasteiger partial charge in [0.05, 0.1) is 5.41 Å². The van der Waals surface area contributed by atoms with Gasteiger partial charge in [-0.15, -0.1) is 0 Å². The summed E-state index contributed by atoms with van der Waals surface area (Å²) in [7, 11) is 0.